The molecule has 0 heterocycles. The van der Waals surface area contributed by atoms with Crippen LogP contribution in [0.2, 0.25) is 0 Å². The molecule has 0 aromatic carbocycles. The molecule has 5 heteroatoms. The Hall–Kier alpha value is -0.130. The summed E-state index contributed by atoms with van der Waals surface area (Å²) in [5.74, 6) is -0.247. The van der Waals surface area contributed by atoms with Crippen molar-refractivity contribution in [3.63, 3.8) is 0 Å². The predicted molar refractivity (Wildman–Crippen MR) is 34.8 cm³/mol. The lowest BCUT2D eigenvalue weighted by molar-refractivity contribution is 0.206. The summed E-state index contributed by atoms with van der Waals surface area (Å²) in [6.45, 7) is -0.00687. The highest BCUT2D eigenvalue weighted by atomic mass is 32.2. The van der Waals surface area contributed by atoms with E-state index in [4.69, 9.17) is 10.8 Å². The highest BCUT2D eigenvalue weighted by Gasteiger charge is 2.08. The van der Waals surface area contributed by atoms with Gasteiger partial charge in [0.15, 0.2) is 0 Å². The van der Waals surface area contributed by atoms with E-state index in [0.717, 1.165) is 6.26 Å². The van der Waals surface area contributed by atoms with Crippen molar-refractivity contribution in [3.8, 4) is 0 Å². The van der Waals surface area contributed by atoms with Gasteiger partial charge < -0.3 is 10.8 Å². The van der Waals surface area contributed by atoms with Crippen LogP contribution in [0.4, 0.5) is 0 Å². The van der Waals surface area contributed by atoms with Crippen LogP contribution in [0.25, 0.3) is 0 Å². The van der Waals surface area contributed by atoms with Gasteiger partial charge in [-0.25, -0.2) is 8.42 Å². The molecule has 3 N–H and O–H groups in total. The number of hydrogen-bond acceptors (Lipinski definition) is 4. The lowest BCUT2D eigenvalue weighted by atomic mass is 10.4. The molecule has 9 heavy (non-hydrogen) atoms. The van der Waals surface area contributed by atoms with Gasteiger partial charge in [-0.3, -0.25) is 0 Å². The van der Waals surface area contributed by atoms with Gasteiger partial charge in [0.05, 0.1) is 11.9 Å². The highest BCUT2D eigenvalue weighted by molar-refractivity contribution is 7.90. The molecular formula is C4H11NO3S. The Morgan fingerprint density at radius 2 is 2.11 bits per heavy atom. The third kappa shape index (κ3) is 5.75. The van der Waals surface area contributed by atoms with Gasteiger partial charge in [-0.15, -0.1) is 0 Å². The zero-order valence-electron chi connectivity index (χ0n) is 5.24. The summed E-state index contributed by atoms with van der Waals surface area (Å²) >= 11 is 0. The van der Waals surface area contributed by atoms with E-state index in [-0.39, 0.29) is 12.3 Å². The number of rotatable bonds is 3. The van der Waals surface area contributed by atoms with Gasteiger partial charge in [-0.1, -0.05) is 0 Å². The van der Waals surface area contributed by atoms with E-state index in [1.165, 1.54) is 0 Å². The monoisotopic (exact) mass is 153 g/mol. The molecule has 0 aromatic rings. The van der Waals surface area contributed by atoms with Gasteiger partial charge in [-0.05, 0) is 0 Å². The van der Waals surface area contributed by atoms with E-state index >= 15 is 0 Å². The van der Waals surface area contributed by atoms with Crippen molar-refractivity contribution in [3.05, 3.63) is 0 Å². The lowest BCUT2D eigenvalue weighted by Crippen LogP contribution is -2.27. The molecule has 0 saturated carbocycles. The smallest absolute Gasteiger partial charge is 0.150 e. The fraction of sp³-hybridized carbons (Fsp3) is 1.00. The minimum atomic E-state index is -3.07. The minimum Gasteiger partial charge on any atom is -0.391 e. The van der Waals surface area contributed by atoms with Crippen LogP contribution in [0.15, 0.2) is 0 Å². The van der Waals surface area contributed by atoms with Crippen molar-refractivity contribution in [2.45, 2.75) is 6.10 Å². The van der Waals surface area contributed by atoms with Crippen molar-refractivity contribution in [1.29, 1.82) is 0 Å². The Morgan fingerprint density at radius 3 is 2.22 bits per heavy atom. The number of sulfone groups is 1. The van der Waals surface area contributed by atoms with E-state index in [2.05, 4.69) is 0 Å². The van der Waals surface area contributed by atoms with Crippen molar-refractivity contribution < 1.29 is 13.5 Å². The van der Waals surface area contributed by atoms with E-state index in [1.807, 2.05) is 0 Å². The van der Waals surface area contributed by atoms with Crippen LogP contribution < -0.4 is 5.73 Å². The number of aliphatic hydroxyl groups excluding tert-OH is 1. The minimum absolute atomic E-state index is 0.00687. The maximum Gasteiger partial charge on any atom is 0.150 e. The summed E-state index contributed by atoms with van der Waals surface area (Å²) in [7, 11) is -3.07. The van der Waals surface area contributed by atoms with Crippen LogP contribution in [0.1, 0.15) is 0 Å². The van der Waals surface area contributed by atoms with Crippen molar-refractivity contribution >= 4 is 9.84 Å². The summed E-state index contributed by atoms with van der Waals surface area (Å²) in [5.41, 5.74) is 4.96. The van der Waals surface area contributed by atoms with Crippen LogP contribution in [0.5, 0.6) is 0 Å². The molecule has 0 aliphatic rings. The molecular weight excluding hydrogens is 142 g/mol. The molecule has 0 amide bonds. The van der Waals surface area contributed by atoms with E-state index < -0.39 is 15.9 Å². The summed E-state index contributed by atoms with van der Waals surface area (Å²) in [5, 5.41) is 8.69. The molecule has 0 aromatic heterocycles. The van der Waals surface area contributed by atoms with E-state index in [9.17, 15) is 8.42 Å². The topological polar surface area (TPSA) is 80.4 Å². The van der Waals surface area contributed by atoms with Gasteiger partial charge in [-0.2, -0.15) is 0 Å². The maximum absolute atomic E-state index is 10.4. The first-order valence-corrected chi connectivity index (χ1v) is 4.57. The highest BCUT2D eigenvalue weighted by Crippen LogP contribution is 1.87. The van der Waals surface area contributed by atoms with Crippen LogP contribution in [-0.2, 0) is 9.84 Å². The Labute approximate surface area is 54.6 Å². The fourth-order valence-electron chi connectivity index (χ4n) is 0.418. The first-order chi connectivity index (χ1) is 3.95. The zero-order chi connectivity index (χ0) is 7.49. The largest absolute Gasteiger partial charge is 0.391 e. The maximum atomic E-state index is 10.4. The molecule has 1 atom stereocenters. The number of nitrogens with two attached hydrogens (primary N) is 1. The molecule has 0 saturated heterocycles. The van der Waals surface area contributed by atoms with Gasteiger partial charge in [0.1, 0.15) is 9.84 Å². The van der Waals surface area contributed by atoms with Crippen LogP contribution in [0, 0.1) is 0 Å². The van der Waals surface area contributed by atoms with Crippen molar-refractivity contribution in [2.75, 3.05) is 18.6 Å². The number of aliphatic hydroxyl groups is 1. The molecule has 4 nitrogen and oxygen atoms in total. The van der Waals surface area contributed by atoms with Crippen molar-refractivity contribution in [2.24, 2.45) is 5.73 Å². The molecule has 0 aliphatic heterocycles. The van der Waals surface area contributed by atoms with E-state index in [1.54, 1.807) is 0 Å². The number of hydrogen-bond donors (Lipinski definition) is 2. The lowest BCUT2D eigenvalue weighted by Gasteiger charge is -2.03. The third-order valence-electron chi connectivity index (χ3n) is 0.767. The first-order valence-electron chi connectivity index (χ1n) is 2.51. The van der Waals surface area contributed by atoms with Gasteiger partial charge in [0.2, 0.25) is 0 Å². The first kappa shape index (κ1) is 8.87. The normalized spacial score (nSPS) is 15.4. The summed E-state index contributed by atoms with van der Waals surface area (Å²) in [6, 6.07) is 0. The quantitative estimate of drug-likeness (QED) is 0.509. The second-order valence-electron chi connectivity index (χ2n) is 1.98. The average Bonchev–Trinajstić information content (AvgIpc) is 1.62. The molecule has 0 bridgehead atoms. The Kier molecular flexibility index (Phi) is 3.10. The SMILES string of the molecule is CS(=O)(=O)CC(O)CN. The molecule has 0 aliphatic carbocycles. The summed E-state index contributed by atoms with van der Waals surface area (Å²) in [6.07, 6.45) is 0.145. The summed E-state index contributed by atoms with van der Waals surface area (Å²) < 4.78 is 20.8. The Balaban J connectivity index is 3.75. The third-order valence-corrected chi connectivity index (χ3v) is 1.76. The Bertz CT molecular complexity index is 163. The molecule has 1 unspecified atom stereocenters. The summed E-state index contributed by atoms with van der Waals surface area (Å²) in [4.78, 5) is 0. The van der Waals surface area contributed by atoms with Crippen molar-refractivity contribution in [1.82, 2.24) is 0 Å². The standard InChI is InChI=1S/C4H11NO3S/c1-9(7,8)3-4(6)2-5/h4,6H,2-3,5H2,1H3. The van der Waals surface area contributed by atoms with E-state index in [0.29, 0.717) is 0 Å². The molecule has 0 radical (unpaired) electrons. The molecule has 56 valence electrons. The Morgan fingerprint density at radius 1 is 1.67 bits per heavy atom. The molecule has 0 fully saturated rings. The average molecular weight is 153 g/mol. The molecule has 0 spiro atoms. The van der Waals surface area contributed by atoms with Crippen LogP contribution >= 0.6 is 0 Å². The van der Waals surface area contributed by atoms with Crippen LogP contribution in [0.3, 0.4) is 0 Å². The van der Waals surface area contributed by atoms with Crippen LogP contribution in [-0.4, -0.2) is 38.2 Å². The van der Waals surface area contributed by atoms with Gasteiger partial charge in [0.25, 0.3) is 0 Å². The second-order valence-corrected chi connectivity index (χ2v) is 4.17. The van der Waals surface area contributed by atoms with Gasteiger partial charge >= 0.3 is 0 Å². The second kappa shape index (κ2) is 3.14. The van der Waals surface area contributed by atoms with Gasteiger partial charge in [0, 0.05) is 12.8 Å². The zero-order valence-corrected chi connectivity index (χ0v) is 6.06. The predicted octanol–water partition coefficient (Wildman–Crippen LogP) is -1.65. The fourth-order valence-corrected chi connectivity index (χ4v) is 1.25. The molecule has 0 rings (SSSR count).